The van der Waals surface area contributed by atoms with Crippen LogP contribution in [0.3, 0.4) is 0 Å². The van der Waals surface area contributed by atoms with Crippen LogP contribution in [0.15, 0.2) is 18.2 Å². The fourth-order valence-corrected chi connectivity index (χ4v) is 2.54. The Morgan fingerprint density at radius 3 is 2.78 bits per heavy atom. The number of fused-ring (bicyclic) bond motifs is 1. The van der Waals surface area contributed by atoms with Gasteiger partial charge in [-0.15, -0.1) is 0 Å². The summed E-state index contributed by atoms with van der Waals surface area (Å²) in [5.41, 5.74) is 0.658. The maximum Gasteiger partial charge on any atom is 0.306 e. The molecular weight excluding hydrogens is 254 g/mol. The number of rotatable bonds is 2. The SMILES string of the molecule is COC(=O)CC1(C)C(=O)N(C)c2ccc(Cl)cc21. The van der Waals surface area contributed by atoms with Gasteiger partial charge in [0.2, 0.25) is 5.91 Å². The summed E-state index contributed by atoms with van der Waals surface area (Å²) in [5.74, 6) is -0.530. The average molecular weight is 268 g/mol. The Morgan fingerprint density at radius 2 is 2.17 bits per heavy atom. The van der Waals surface area contributed by atoms with Crippen LogP contribution >= 0.6 is 11.6 Å². The van der Waals surface area contributed by atoms with E-state index >= 15 is 0 Å². The number of esters is 1. The van der Waals surface area contributed by atoms with Crippen molar-refractivity contribution in [3.8, 4) is 0 Å². The molecule has 1 heterocycles. The highest BCUT2D eigenvalue weighted by molar-refractivity contribution is 6.31. The predicted molar refractivity (Wildman–Crippen MR) is 68.8 cm³/mol. The van der Waals surface area contributed by atoms with Crippen molar-refractivity contribution < 1.29 is 14.3 Å². The van der Waals surface area contributed by atoms with E-state index in [1.165, 1.54) is 7.11 Å². The Labute approximate surface area is 110 Å². The van der Waals surface area contributed by atoms with Gasteiger partial charge in [0.15, 0.2) is 0 Å². The number of benzene rings is 1. The number of nitrogens with zero attached hydrogens (tertiary/aromatic N) is 1. The van der Waals surface area contributed by atoms with E-state index in [1.807, 2.05) is 0 Å². The van der Waals surface area contributed by atoms with Gasteiger partial charge in [0.25, 0.3) is 0 Å². The van der Waals surface area contributed by atoms with E-state index in [-0.39, 0.29) is 12.3 Å². The Hall–Kier alpha value is -1.55. The van der Waals surface area contributed by atoms with Crippen LogP contribution in [0.2, 0.25) is 5.02 Å². The quantitative estimate of drug-likeness (QED) is 0.772. The molecule has 0 saturated carbocycles. The Morgan fingerprint density at radius 1 is 1.50 bits per heavy atom. The summed E-state index contributed by atoms with van der Waals surface area (Å²) in [6.45, 7) is 1.74. The molecule has 0 bridgehead atoms. The molecule has 4 nitrogen and oxygen atoms in total. The summed E-state index contributed by atoms with van der Waals surface area (Å²) in [5, 5.41) is 0.549. The van der Waals surface area contributed by atoms with E-state index in [4.69, 9.17) is 11.6 Å². The van der Waals surface area contributed by atoms with Crippen molar-refractivity contribution in [3.05, 3.63) is 28.8 Å². The molecule has 0 radical (unpaired) electrons. The Bertz CT molecular complexity index is 529. The van der Waals surface area contributed by atoms with Gasteiger partial charge in [0, 0.05) is 17.8 Å². The normalized spacial score (nSPS) is 22.0. The fourth-order valence-electron chi connectivity index (χ4n) is 2.37. The third-order valence-electron chi connectivity index (χ3n) is 3.42. The molecule has 1 amide bonds. The van der Waals surface area contributed by atoms with Crippen LogP contribution in [-0.4, -0.2) is 26.0 Å². The molecule has 0 aliphatic carbocycles. The van der Waals surface area contributed by atoms with Crippen molar-refractivity contribution in [2.45, 2.75) is 18.8 Å². The second kappa shape index (κ2) is 4.28. The predicted octanol–water partition coefficient (Wildman–Crippen LogP) is 2.14. The molecule has 1 atom stereocenters. The van der Waals surface area contributed by atoms with Crippen molar-refractivity contribution in [2.24, 2.45) is 0 Å². The third kappa shape index (κ3) is 1.77. The molecule has 5 heteroatoms. The fraction of sp³-hybridized carbons (Fsp3) is 0.385. The lowest BCUT2D eigenvalue weighted by Crippen LogP contribution is -2.38. The Balaban J connectivity index is 2.53. The van der Waals surface area contributed by atoms with E-state index in [2.05, 4.69) is 4.74 Å². The van der Waals surface area contributed by atoms with Crippen molar-refractivity contribution in [3.63, 3.8) is 0 Å². The minimum Gasteiger partial charge on any atom is -0.469 e. The van der Waals surface area contributed by atoms with E-state index in [1.54, 1.807) is 37.1 Å². The summed E-state index contributed by atoms with van der Waals surface area (Å²) >= 11 is 5.97. The van der Waals surface area contributed by atoms with Gasteiger partial charge in [-0.25, -0.2) is 0 Å². The summed E-state index contributed by atoms with van der Waals surface area (Å²) in [7, 11) is 3.01. The van der Waals surface area contributed by atoms with Gasteiger partial charge in [-0.3, -0.25) is 9.59 Å². The van der Waals surface area contributed by atoms with Gasteiger partial charge in [-0.05, 0) is 30.7 Å². The number of ether oxygens (including phenoxy) is 1. The van der Waals surface area contributed by atoms with E-state index in [0.29, 0.717) is 5.02 Å². The molecule has 0 saturated heterocycles. The number of likely N-dealkylation sites (N-methyl/N-ethyl adjacent to an activating group) is 1. The van der Waals surface area contributed by atoms with Gasteiger partial charge in [-0.1, -0.05) is 11.6 Å². The standard InChI is InChI=1S/C13H14ClNO3/c1-13(7-11(16)18-3)9-6-8(14)4-5-10(9)15(2)12(13)17/h4-6H,7H2,1-3H3. The van der Waals surface area contributed by atoms with Crippen LogP contribution in [0.4, 0.5) is 5.69 Å². The summed E-state index contributed by atoms with van der Waals surface area (Å²) in [6, 6.07) is 5.26. The second-order valence-electron chi connectivity index (χ2n) is 4.61. The second-order valence-corrected chi connectivity index (χ2v) is 5.05. The molecule has 1 aromatic carbocycles. The zero-order valence-corrected chi connectivity index (χ0v) is 11.2. The maximum atomic E-state index is 12.3. The van der Waals surface area contributed by atoms with Gasteiger partial charge in [0.1, 0.15) is 0 Å². The number of methoxy groups -OCH3 is 1. The van der Waals surface area contributed by atoms with Crippen molar-refractivity contribution in [1.29, 1.82) is 0 Å². The van der Waals surface area contributed by atoms with Crippen LogP contribution in [0.25, 0.3) is 0 Å². The number of amides is 1. The summed E-state index contributed by atoms with van der Waals surface area (Å²) in [4.78, 5) is 25.4. The van der Waals surface area contributed by atoms with Gasteiger partial charge >= 0.3 is 5.97 Å². The zero-order valence-electron chi connectivity index (χ0n) is 10.5. The maximum absolute atomic E-state index is 12.3. The topological polar surface area (TPSA) is 46.6 Å². The average Bonchev–Trinajstić information content (AvgIpc) is 2.52. The number of hydrogen-bond donors (Lipinski definition) is 0. The molecule has 1 unspecified atom stereocenters. The molecule has 0 N–H and O–H groups in total. The summed E-state index contributed by atoms with van der Waals surface area (Å²) in [6.07, 6.45) is 0.0139. The first-order valence-electron chi connectivity index (χ1n) is 5.55. The molecule has 2 rings (SSSR count). The lowest BCUT2D eigenvalue weighted by Gasteiger charge is -2.21. The van der Waals surface area contributed by atoms with Crippen LogP contribution < -0.4 is 4.90 Å². The zero-order chi connectivity index (χ0) is 13.5. The van der Waals surface area contributed by atoms with E-state index < -0.39 is 11.4 Å². The van der Waals surface area contributed by atoms with Crippen LogP contribution in [-0.2, 0) is 19.7 Å². The molecule has 1 aromatic rings. The lowest BCUT2D eigenvalue weighted by atomic mass is 9.81. The highest BCUT2D eigenvalue weighted by atomic mass is 35.5. The first-order valence-corrected chi connectivity index (χ1v) is 5.93. The van der Waals surface area contributed by atoms with Crippen molar-refractivity contribution in [2.75, 3.05) is 19.1 Å². The number of carbonyl (C=O) groups excluding carboxylic acids is 2. The number of halogens is 1. The highest BCUT2D eigenvalue weighted by Crippen LogP contribution is 2.44. The highest BCUT2D eigenvalue weighted by Gasteiger charge is 2.47. The molecule has 0 aromatic heterocycles. The number of anilines is 1. The molecule has 0 fully saturated rings. The molecular formula is C13H14ClNO3. The molecule has 0 spiro atoms. The van der Waals surface area contributed by atoms with E-state index in [0.717, 1.165) is 11.3 Å². The third-order valence-corrected chi connectivity index (χ3v) is 3.65. The number of carbonyl (C=O) groups is 2. The first-order chi connectivity index (χ1) is 8.40. The number of hydrogen-bond acceptors (Lipinski definition) is 3. The van der Waals surface area contributed by atoms with Gasteiger partial charge in [-0.2, -0.15) is 0 Å². The van der Waals surface area contributed by atoms with Crippen molar-refractivity contribution in [1.82, 2.24) is 0 Å². The lowest BCUT2D eigenvalue weighted by molar-refractivity contribution is -0.144. The van der Waals surface area contributed by atoms with Gasteiger partial charge < -0.3 is 9.64 Å². The Kier molecular flexibility index (Phi) is 3.07. The van der Waals surface area contributed by atoms with Crippen LogP contribution in [0.5, 0.6) is 0 Å². The summed E-state index contributed by atoms with van der Waals surface area (Å²) < 4.78 is 4.66. The van der Waals surface area contributed by atoms with Crippen LogP contribution in [0.1, 0.15) is 18.9 Å². The largest absolute Gasteiger partial charge is 0.469 e. The molecule has 1 aliphatic rings. The molecule has 1 aliphatic heterocycles. The molecule has 96 valence electrons. The molecule has 18 heavy (non-hydrogen) atoms. The van der Waals surface area contributed by atoms with E-state index in [9.17, 15) is 9.59 Å². The van der Waals surface area contributed by atoms with Crippen molar-refractivity contribution >= 4 is 29.2 Å². The monoisotopic (exact) mass is 267 g/mol. The smallest absolute Gasteiger partial charge is 0.306 e. The minimum atomic E-state index is -0.901. The minimum absolute atomic E-state index is 0.0139. The van der Waals surface area contributed by atoms with Gasteiger partial charge in [0.05, 0.1) is 18.9 Å². The van der Waals surface area contributed by atoms with Crippen LogP contribution in [0, 0.1) is 0 Å². The first kappa shape index (κ1) is 12.9.